The number of nitrogens with one attached hydrogen (secondary N) is 1. The lowest BCUT2D eigenvalue weighted by atomic mass is 10.2. The molecule has 0 radical (unpaired) electrons. The van der Waals surface area contributed by atoms with Crippen LogP contribution in [-0.4, -0.2) is 33.1 Å². The summed E-state index contributed by atoms with van der Waals surface area (Å²) in [6.07, 6.45) is 1.30. The summed E-state index contributed by atoms with van der Waals surface area (Å²) in [6, 6.07) is 14.7. The maximum absolute atomic E-state index is 13.1. The molecule has 34 heavy (non-hydrogen) atoms. The van der Waals surface area contributed by atoms with Crippen LogP contribution in [-0.2, 0) is 25.6 Å². The molecule has 0 saturated carbocycles. The number of benzene rings is 3. The number of fused-ring (bicyclic) bond motifs is 1. The number of nitrogens with two attached hydrogens (primary N) is 1. The van der Waals surface area contributed by atoms with Gasteiger partial charge in [-0.15, -0.1) is 0 Å². The molecule has 0 atom stereocenters. The molecule has 12 heteroatoms. The number of aromatic hydroxyl groups is 1. The molecule has 8 nitrogen and oxygen atoms in total. The summed E-state index contributed by atoms with van der Waals surface area (Å²) in [5, 5.41) is 16.4. The van der Waals surface area contributed by atoms with Crippen molar-refractivity contribution in [3.63, 3.8) is 0 Å². The topological polar surface area (TPSA) is 143 Å². The van der Waals surface area contributed by atoms with Crippen molar-refractivity contribution in [3.05, 3.63) is 81.8 Å². The number of sulfonamides is 1. The van der Waals surface area contributed by atoms with Crippen molar-refractivity contribution in [2.75, 3.05) is 0 Å². The SMILES string of the molecule is NS(=O)(=O)c1cccc(N=Cc2c(O)[nH]c3ccc(S(=O)(=O)Cc4c(Cl)cccc4Cl)cc23)c1. The summed E-state index contributed by atoms with van der Waals surface area (Å²) in [6.45, 7) is 0. The number of hydrogen-bond donors (Lipinski definition) is 3. The van der Waals surface area contributed by atoms with Crippen LogP contribution in [0.1, 0.15) is 11.1 Å². The summed E-state index contributed by atoms with van der Waals surface area (Å²) in [4.78, 5) is 6.85. The maximum Gasteiger partial charge on any atom is 0.238 e. The molecule has 3 aromatic carbocycles. The first-order valence-electron chi connectivity index (χ1n) is 9.63. The highest BCUT2D eigenvalue weighted by molar-refractivity contribution is 7.90. The molecule has 0 aliphatic carbocycles. The van der Waals surface area contributed by atoms with Gasteiger partial charge in [-0.25, -0.2) is 22.0 Å². The summed E-state index contributed by atoms with van der Waals surface area (Å²) < 4.78 is 49.3. The fourth-order valence-electron chi connectivity index (χ4n) is 3.33. The van der Waals surface area contributed by atoms with Crippen molar-refractivity contribution in [2.45, 2.75) is 15.5 Å². The van der Waals surface area contributed by atoms with E-state index in [1.54, 1.807) is 24.3 Å². The number of aromatic nitrogens is 1. The number of primary sulfonamides is 1. The fraction of sp³-hybridized carbons (Fsp3) is 0.0455. The highest BCUT2D eigenvalue weighted by Crippen LogP contribution is 2.32. The number of nitrogens with zero attached hydrogens (tertiary/aromatic N) is 1. The standard InChI is InChI=1S/C22H17Cl2N3O5S2/c23-19-5-2-6-20(24)18(19)12-33(29,30)14-7-8-21-16(10-14)17(22(28)27-21)11-26-13-3-1-4-15(9-13)34(25,31)32/h1-11,27-28H,12H2,(H2,25,31,32). The minimum atomic E-state index is -3.91. The van der Waals surface area contributed by atoms with Crippen LogP contribution in [0.4, 0.5) is 5.69 Å². The highest BCUT2D eigenvalue weighted by atomic mass is 35.5. The smallest absolute Gasteiger partial charge is 0.238 e. The van der Waals surface area contributed by atoms with E-state index in [1.807, 2.05) is 0 Å². The van der Waals surface area contributed by atoms with Gasteiger partial charge < -0.3 is 10.1 Å². The lowest BCUT2D eigenvalue weighted by Gasteiger charge is -2.09. The largest absolute Gasteiger partial charge is 0.494 e. The Balaban J connectivity index is 1.73. The number of rotatable bonds is 6. The van der Waals surface area contributed by atoms with E-state index < -0.39 is 25.6 Å². The molecule has 4 N–H and O–H groups in total. The Morgan fingerprint density at radius 1 is 0.941 bits per heavy atom. The van der Waals surface area contributed by atoms with E-state index in [1.165, 1.54) is 42.6 Å². The predicted molar refractivity (Wildman–Crippen MR) is 132 cm³/mol. The van der Waals surface area contributed by atoms with Crippen molar-refractivity contribution in [3.8, 4) is 5.88 Å². The minimum Gasteiger partial charge on any atom is -0.494 e. The van der Waals surface area contributed by atoms with Gasteiger partial charge in [-0.3, -0.25) is 4.99 Å². The van der Waals surface area contributed by atoms with Crippen molar-refractivity contribution in [1.29, 1.82) is 0 Å². The zero-order valence-electron chi connectivity index (χ0n) is 17.2. The van der Waals surface area contributed by atoms with E-state index in [-0.39, 0.29) is 37.0 Å². The summed E-state index contributed by atoms with van der Waals surface area (Å²) in [5.41, 5.74) is 1.27. The zero-order chi connectivity index (χ0) is 24.7. The van der Waals surface area contributed by atoms with Gasteiger partial charge >= 0.3 is 0 Å². The molecular weight excluding hydrogens is 521 g/mol. The van der Waals surface area contributed by atoms with Crippen LogP contribution in [0, 0.1) is 0 Å². The summed E-state index contributed by atoms with van der Waals surface area (Å²) in [7, 11) is -7.75. The second-order valence-corrected chi connectivity index (χ2v) is 11.7. The van der Waals surface area contributed by atoms with E-state index in [0.717, 1.165) is 0 Å². The highest BCUT2D eigenvalue weighted by Gasteiger charge is 2.21. The third-order valence-corrected chi connectivity index (χ3v) is 8.29. The Morgan fingerprint density at radius 2 is 1.62 bits per heavy atom. The Bertz CT molecular complexity index is 1640. The first-order valence-corrected chi connectivity index (χ1v) is 13.6. The van der Waals surface area contributed by atoms with Gasteiger partial charge in [0.05, 0.1) is 26.8 Å². The minimum absolute atomic E-state index is 0.000795. The number of sulfone groups is 1. The van der Waals surface area contributed by atoms with Crippen molar-refractivity contribution in [2.24, 2.45) is 10.1 Å². The summed E-state index contributed by atoms with van der Waals surface area (Å²) >= 11 is 12.3. The van der Waals surface area contributed by atoms with Gasteiger partial charge in [0.15, 0.2) is 15.7 Å². The Hall–Kier alpha value is -2.89. The molecule has 0 unspecified atom stereocenters. The lowest BCUT2D eigenvalue weighted by Crippen LogP contribution is -2.11. The second kappa shape index (κ2) is 9.05. The Morgan fingerprint density at radius 3 is 2.29 bits per heavy atom. The quantitative estimate of drug-likeness (QED) is 0.309. The summed E-state index contributed by atoms with van der Waals surface area (Å²) in [5.74, 6) is -0.637. The third-order valence-electron chi connectivity index (χ3n) is 5.03. The molecule has 0 bridgehead atoms. The zero-order valence-corrected chi connectivity index (χ0v) is 20.4. The van der Waals surface area contributed by atoms with Crippen LogP contribution in [0.15, 0.2) is 75.4 Å². The number of aliphatic imine (C=N–C) groups is 1. The van der Waals surface area contributed by atoms with Crippen LogP contribution in [0.5, 0.6) is 5.88 Å². The van der Waals surface area contributed by atoms with Gasteiger partial charge in [-0.1, -0.05) is 35.3 Å². The van der Waals surface area contributed by atoms with Gasteiger partial charge in [-0.2, -0.15) is 0 Å². The first kappa shape index (κ1) is 24.2. The van der Waals surface area contributed by atoms with Crippen molar-refractivity contribution >= 4 is 65.9 Å². The van der Waals surface area contributed by atoms with Crippen molar-refractivity contribution in [1.82, 2.24) is 4.98 Å². The molecule has 1 aromatic heterocycles. The molecule has 0 saturated heterocycles. The molecule has 4 aromatic rings. The van der Waals surface area contributed by atoms with Gasteiger partial charge in [0, 0.05) is 32.7 Å². The van der Waals surface area contributed by atoms with E-state index >= 15 is 0 Å². The lowest BCUT2D eigenvalue weighted by molar-refractivity contribution is 0.457. The average molecular weight is 538 g/mol. The van der Waals surface area contributed by atoms with Crippen LogP contribution >= 0.6 is 23.2 Å². The third kappa shape index (κ3) is 4.96. The van der Waals surface area contributed by atoms with Crippen LogP contribution in [0.25, 0.3) is 10.9 Å². The maximum atomic E-state index is 13.1. The molecule has 0 spiro atoms. The normalized spacial score (nSPS) is 12.6. The molecule has 0 aliphatic heterocycles. The molecule has 0 fully saturated rings. The van der Waals surface area contributed by atoms with Gasteiger partial charge in [-0.05, 0) is 48.5 Å². The van der Waals surface area contributed by atoms with E-state index in [0.29, 0.717) is 16.5 Å². The van der Waals surface area contributed by atoms with Crippen LogP contribution in [0.2, 0.25) is 10.0 Å². The molecule has 0 amide bonds. The number of halogens is 2. The van der Waals surface area contributed by atoms with Gasteiger partial charge in [0.2, 0.25) is 10.0 Å². The monoisotopic (exact) mass is 537 g/mol. The molecule has 176 valence electrons. The molecular formula is C22H17Cl2N3O5S2. The molecule has 0 aliphatic rings. The molecule has 1 heterocycles. The van der Waals surface area contributed by atoms with Crippen LogP contribution in [0.3, 0.4) is 0 Å². The van der Waals surface area contributed by atoms with E-state index in [9.17, 15) is 21.9 Å². The predicted octanol–water partition coefficient (Wildman–Crippen LogP) is 4.55. The van der Waals surface area contributed by atoms with E-state index in [2.05, 4.69) is 9.98 Å². The second-order valence-electron chi connectivity index (χ2n) is 7.35. The first-order chi connectivity index (χ1) is 16.0. The van der Waals surface area contributed by atoms with Gasteiger partial charge in [0.1, 0.15) is 0 Å². The van der Waals surface area contributed by atoms with Gasteiger partial charge in [0.25, 0.3) is 0 Å². The van der Waals surface area contributed by atoms with Crippen molar-refractivity contribution < 1.29 is 21.9 Å². The van der Waals surface area contributed by atoms with E-state index in [4.69, 9.17) is 28.3 Å². The Labute approximate surface area is 205 Å². The Kier molecular flexibility index (Phi) is 6.45. The number of hydrogen-bond acceptors (Lipinski definition) is 6. The average Bonchev–Trinajstić information content (AvgIpc) is 3.09. The molecule has 4 rings (SSSR count). The fourth-order valence-corrected chi connectivity index (χ4v) is 6.00. The number of aromatic amines is 1. The van der Waals surface area contributed by atoms with Crippen LogP contribution < -0.4 is 5.14 Å². The number of H-pyrrole nitrogens is 1.